The molecule has 1 aromatic rings. The molecule has 0 heterocycles. The molecule has 0 bridgehead atoms. The number of esters is 1. The van der Waals surface area contributed by atoms with Crippen LogP contribution in [0.1, 0.15) is 12.5 Å². The van der Waals surface area contributed by atoms with Crippen LogP contribution in [-0.4, -0.2) is 5.97 Å². The summed E-state index contributed by atoms with van der Waals surface area (Å²) in [5.74, 6) is -0.331. The lowest BCUT2D eigenvalue weighted by Gasteiger charge is -2.01. The molecule has 0 unspecified atom stereocenters. The van der Waals surface area contributed by atoms with Crippen molar-refractivity contribution in [3.63, 3.8) is 0 Å². The van der Waals surface area contributed by atoms with Gasteiger partial charge < -0.3 is 4.74 Å². The molecule has 0 aliphatic heterocycles. The molecule has 0 aromatic heterocycles. The molecular formula is C11H11ClO2. The molecular weight excluding hydrogens is 200 g/mol. The highest BCUT2D eigenvalue weighted by Crippen LogP contribution is 2.10. The van der Waals surface area contributed by atoms with Crippen LogP contribution in [0.2, 0.25) is 5.02 Å². The predicted octanol–water partition coefficient (Wildman–Crippen LogP) is 2.96. The predicted molar refractivity (Wildman–Crippen MR) is 56.1 cm³/mol. The molecule has 1 aromatic carbocycles. The van der Waals surface area contributed by atoms with Crippen LogP contribution in [-0.2, 0) is 16.1 Å². The lowest BCUT2D eigenvalue weighted by Crippen LogP contribution is -2.00. The van der Waals surface area contributed by atoms with E-state index in [0.29, 0.717) is 5.02 Å². The fraction of sp³-hybridized carbons (Fsp3) is 0.182. The zero-order valence-corrected chi connectivity index (χ0v) is 8.62. The second kappa shape index (κ2) is 5.45. The van der Waals surface area contributed by atoms with Crippen LogP contribution in [0.25, 0.3) is 0 Å². The summed E-state index contributed by atoms with van der Waals surface area (Å²) < 4.78 is 4.94. The second-order valence-electron chi connectivity index (χ2n) is 2.73. The van der Waals surface area contributed by atoms with Crippen LogP contribution in [0.3, 0.4) is 0 Å². The number of hydrogen-bond donors (Lipinski definition) is 0. The average molecular weight is 211 g/mol. The van der Waals surface area contributed by atoms with Gasteiger partial charge in [-0.25, -0.2) is 4.79 Å². The van der Waals surface area contributed by atoms with Gasteiger partial charge in [-0.2, -0.15) is 0 Å². The van der Waals surface area contributed by atoms with E-state index in [4.69, 9.17) is 16.3 Å². The van der Waals surface area contributed by atoms with E-state index in [0.717, 1.165) is 5.56 Å². The molecule has 0 aliphatic carbocycles. The molecule has 14 heavy (non-hydrogen) atoms. The molecule has 0 amide bonds. The lowest BCUT2D eigenvalue weighted by atomic mass is 10.2. The van der Waals surface area contributed by atoms with Crippen LogP contribution in [0.4, 0.5) is 0 Å². The van der Waals surface area contributed by atoms with Crippen molar-refractivity contribution in [1.29, 1.82) is 0 Å². The quantitative estimate of drug-likeness (QED) is 0.567. The number of rotatable bonds is 3. The SMILES string of the molecule is CC=CC(=O)OCc1ccc(Cl)cc1. The second-order valence-corrected chi connectivity index (χ2v) is 3.17. The normalized spacial score (nSPS) is 10.4. The highest BCUT2D eigenvalue weighted by molar-refractivity contribution is 6.30. The number of ether oxygens (including phenoxy) is 1. The zero-order valence-electron chi connectivity index (χ0n) is 7.87. The minimum absolute atomic E-state index is 0.278. The standard InChI is InChI=1S/C11H11ClO2/c1-2-3-11(13)14-8-9-4-6-10(12)7-5-9/h2-7H,8H2,1H3. The Hall–Kier alpha value is -1.28. The lowest BCUT2D eigenvalue weighted by molar-refractivity contribution is -0.139. The molecule has 0 saturated heterocycles. The summed E-state index contributed by atoms with van der Waals surface area (Å²) in [5.41, 5.74) is 0.923. The fourth-order valence-electron chi connectivity index (χ4n) is 0.919. The topological polar surface area (TPSA) is 26.3 Å². The maximum atomic E-state index is 10.9. The summed E-state index contributed by atoms with van der Waals surface area (Å²) in [4.78, 5) is 10.9. The van der Waals surface area contributed by atoms with Crippen molar-refractivity contribution in [2.24, 2.45) is 0 Å². The first-order valence-corrected chi connectivity index (χ1v) is 4.64. The van der Waals surface area contributed by atoms with Gasteiger partial charge in [0, 0.05) is 11.1 Å². The van der Waals surface area contributed by atoms with Crippen LogP contribution in [0.5, 0.6) is 0 Å². The van der Waals surface area contributed by atoms with Gasteiger partial charge in [0.1, 0.15) is 6.61 Å². The Kier molecular flexibility index (Phi) is 4.20. The molecule has 74 valence electrons. The molecule has 0 fully saturated rings. The van der Waals surface area contributed by atoms with Crippen molar-refractivity contribution in [3.05, 3.63) is 47.0 Å². The Bertz CT molecular complexity index is 328. The Labute approximate surface area is 88.1 Å². The van der Waals surface area contributed by atoms with Crippen molar-refractivity contribution < 1.29 is 9.53 Å². The molecule has 0 N–H and O–H groups in total. The van der Waals surface area contributed by atoms with E-state index in [9.17, 15) is 4.79 Å². The molecule has 0 atom stereocenters. The largest absolute Gasteiger partial charge is 0.458 e. The third-order valence-electron chi connectivity index (χ3n) is 1.60. The number of halogens is 1. The van der Waals surface area contributed by atoms with Crippen LogP contribution >= 0.6 is 11.6 Å². The molecule has 0 saturated carbocycles. The maximum absolute atomic E-state index is 10.9. The molecule has 0 aliphatic rings. The van der Waals surface area contributed by atoms with E-state index in [1.54, 1.807) is 25.1 Å². The molecule has 2 nitrogen and oxygen atoms in total. The summed E-state index contributed by atoms with van der Waals surface area (Å²) >= 11 is 5.71. The van der Waals surface area contributed by atoms with Crippen LogP contribution in [0, 0.1) is 0 Å². The Morgan fingerprint density at radius 3 is 2.64 bits per heavy atom. The van der Waals surface area contributed by atoms with Gasteiger partial charge in [-0.05, 0) is 24.6 Å². The van der Waals surface area contributed by atoms with Crippen molar-refractivity contribution in [2.75, 3.05) is 0 Å². The molecule has 0 radical (unpaired) electrons. The van der Waals surface area contributed by atoms with Gasteiger partial charge in [0.2, 0.25) is 0 Å². The first kappa shape index (κ1) is 10.8. The van der Waals surface area contributed by atoms with Crippen LogP contribution in [0.15, 0.2) is 36.4 Å². The van der Waals surface area contributed by atoms with Crippen molar-refractivity contribution in [3.8, 4) is 0 Å². The van der Waals surface area contributed by atoms with Crippen molar-refractivity contribution >= 4 is 17.6 Å². The smallest absolute Gasteiger partial charge is 0.330 e. The summed E-state index contributed by atoms with van der Waals surface area (Å²) in [6.07, 6.45) is 3.03. The summed E-state index contributed by atoms with van der Waals surface area (Å²) in [7, 11) is 0. The van der Waals surface area contributed by atoms with Gasteiger partial charge in [0.05, 0.1) is 0 Å². The zero-order chi connectivity index (χ0) is 10.4. The summed E-state index contributed by atoms with van der Waals surface area (Å²) in [5, 5.41) is 0.675. The summed E-state index contributed by atoms with van der Waals surface area (Å²) in [6, 6.07) is 7.18. The minimum Gasteiger partial charge on any atom is -0.458 e. The van der Waals surface area contributed by atoms with Crippen molar-refractivity contribution in [1.82, 2.24) is 0 Å². The van der Waals surface area contributed by atoms with E-state index in [-0.39, 0.29) is 12.6 Å². The van der Waals surface area contributed by atoms with E-state index in [1.165, 1.54) is 6.08 Å². The average Bonchev–Trinajstić information content (AvgIpc) is 2.17. The maximum Gasteiger partial charge on any atom is 0.330 e. The van der Waals surface area contributed by atoms with Gasteiger partial charge in [0.15, 0.2) is 0 Å². The molecule has 1 rings (SSSR count). The van der Waals surface area contributed by atoms with E-state index in [2.05, 4.69) is 0 Å². The van der Waals surface area contributed by atoms with E-state index < -0.39 is 0 Å². The number of carbonyl (C=O) groups excluding carboxylic acids is 1. The van der Waals surface area contributed by atoms with Gasteiger partial charge in [-0.15, -0.1) is 0 Å². The van der Waals surface area contributed by atoms with Crippen LogP contribution < -0.4 is 0 Å². The first-order chi connectivity index (χ1) is 6.72. The Balaban J connectivity index is 2.46. The highest BCUT2D eigenvalue weighted by Gasteiger charge is 1.97. The molecule has 3 heteroatoms. The Morgan fingerprint density at radius 2 is 2.07 bits per heavy atom. The Morgan fingerprint density at radius 1 is 1.43 bits per heavy atom. The number of carbonyl (C=O) groups is 1. The third-order valence-corrected chi connectivity index (χ3v) is 1.85. The van der Waals surface area contributed by atoms with E-state index in [1.807, 2.05) is 12.1 Å². The summed E-state index contributed by atoms with van der Waals surface area (Å²) in [6.45, 7) is 2.05. The van der Waals surface area contributed by atoms with Gasteiger partial charge >= 0.3 is 5.97 Å². The third kappa shape index (κ3) is 3.62. The number of benzene rings is 1. The fourth-order valence-corrected chi connectivity index (χ4v) is 1.05. The molecule has 0 spiro atoms. The monoisotopic (exact) mass is 210 g/mol. The van der Waals surface area contributed by atoms with Gasteiger partial charge in [-0.3, -0.25) is 0 Å². The van der Waals surface area contributed by atoms with Crippen molar-refractivity contribution in [2.45, 2.75) is 13.5 Å². The first-order valence-electron chi connectivity index (χ1n) is 4.26. The van der Waals surface area contributed by atoms with Gasteiger partial charge in [-0.1, -0.05) is 29.8 Å². The number of hydrogen-bond acceptors (Lipinski definition) is 2. The number of allylic oxidation sites excluding steroid dienone is 1. The van der Waals surface area contributed by atoms with Gasteiger partial charge in [0.25, 0.3) is 0 Å². The van der Waals surface area contributed by atoms with E-state index >= 15 is 0 Å². The minimum atomic E-state index is -0.331. The highest BCUT2D eigenvalue weighted by atomic mass is 35.5.